The van der Waals surface area contributed by atoms with E-state index in [1.54, 1.807) is 29.0 Å². The third-order valence-electron chi connectivity index (χ3n) is 4.00. The number of halogens is 1. The van der Waals surface area contributed by atoms with Gasteiger partial charge in [-0.2, -0.15) is 0 Å². The van der Waals surface area contributed by atoms with Crippen molar-refractivity contribution in [3.63, 3.8) is 0 Å². The molecule has 2 unspecified atom stereocenters. The van der Waals surface area contributed by atoms with E-state index in [0.29, 0.717) is 12.1 Å². The van der Waals surface area contributed by atoms with Crippen LogP contribution in [0.1, 0.15) is 38.4 Å². The summed E-state index contributed by atoms with van der Waals surface area (Å²) in [7, 11) is 0. The number of hydrogen-bond donors (Lipinski definition) is 1. The van der Waals surface area contributed by atoms with Crippen LogP contribution >= 0.6 is 0 Å². The molecular weight excluding hydrogens is 325 g/mol. The summed E-state index contributed by atoms with van der Waals surface area (Å²) < 4.78 is 20.2. The first-order valence-corrected chi connectivity index (χ1v) is 8.21. The van der Waals surface area contributed by atoms with Crippen LogP contribution in [0, 0.1) is 5.82 Å². The number of rotatable bonds is 4. The normalized spacial score (nSPS) is 21.1. The predicted molar refractivity (Wildman–Crippen MR) is 90.0 cm³/mol. The number of carbonyl (C=O) groups excluding carboxylic acids is 1. The van der Waals surface area contributed by atoms with Gasteiger partial charge in [-0.05, 0) is 50.3 Å². The molecule has 1 aromatic heterocycles. The minimum absolute atomic E-state index is 0.0245. The summed E-state index contributed by atoms with van der Waals surface area (Å²) >= 11 is 0. The van der Waals surface area contributed by atoms with Gasteiger partial charge in [-0.15, -0.1) is 5.10 Å². The number of cyclic esters (lactones) is 1. The first-order valence-electron chi connectivity index (χ1n) is 8.21. The number of aliphatic hydroxyl groups is 1. The summed E-state index contributed by atoms with van der Waals surface area (Å²) in [5.74, 6) is -0.733. The van der Waals surface area contributed by atoms with E-state index in [9.17, 15) is 14.3 Å². The van der Waals surface area contributed by atoms with Crippen molar-refractivity contribution >= 4 is 12.0 Å². The minimum Gasteiger partial charge on any atom is -0.458 e. The Morgan fingerprint density at radius 3 is 2.72 bits per heavy atom. The Balaban J connectivity index is 1.93. The fourth-order valence-electron chi connectivity index (χ4n) is 2.78. The highest BCUT2D eigenvalue weighted by Gasteiger charge is 2.25. The summed E-state index contributed by atoms with van der Waals surface area (Å²) in [6.45, 7) is 3.95. The molecule has 1 fully saturated rings. The van der Waals surface area contributed by atoms with Crippen LogP contribution < -0.4 is 0 Å². The van der Waals surface area contributed by atoms with Crippen LogP contribution in [0.4, 0.5) is 4.39 Å². The third-order valence-corrected chi connectivity index (χ3v) is 4.00. The molecule has 1 N–H and O–H groups in total. The first kappa shape index (κ1) is 17.3. The number of benzene rings is 1. The molecule has 2 aromatic rings. The van der Waals surface area contributed by atoms with Gasteiger partial charge < -0.3 is 9.84 Å². The van der Waals surface area contributed by atoms with Crippen molar-refractivity contribution in [2.45, 2.75) is 44.9 Å². The monoisotopic (exact) mass is 345 g/mol. The fourth-order valence-corrected chi connectivity index (χ4v) is 2.78. The van der Waals surface area contributed by atoms with Crippen molar-refractivity contribution in [3.8, 4) is 11.3 Å². The summed E-state index contributed by atoms with van der Waals surface area (Å²) in [6.07, 6.45) is 2.71. The zero-order valence-corrected chi connectivity index (χ0v) is 14.1. The van der Waals surface area contributed by atoms with Gasteiger partial charge in [-0.1, -0.05) is 5.21 Å². The highest BCUT2D eigenvalue weighted by atomic mass is 19.1. The molecule has 6 nitrogen and oxygen atoms in total. The van der Waals surface area contributed by atoms with Gasteiger partial charge in [0, 0.05) is 18.0 Å². The lowest BCUT2D eigenvalue weighted by Gasteiger charge is -2.23. The number of esters is 1. The molecule has 0 saturated carbocycles. The Kier molecular flexibility index (Phi) is 4.94. The van der Waals surface area contributed by atoms with Crippen molar-refractivity contribution in [2.75, 3.05) is 0 Å². The molecule has 0 spiro atoms. The Morgan fingerprint density at radius 2 is 2.08 bits per heavy atom. The smallest absolute Gasteiger partial charge is 0.309 e. The third kappa shape index (κ3) is 3.93. The van der Waals surface area contributed by atoms with Crippen LogP contribution in [0.25, 0.3) is 17.3 Å². The van der Waals surface area contributed by atoms with E-state index in [-0.39, 0.29) is 18.3 Å². The molecule has 2 heterocycles. The largest absolute Gasteiger partial charge is 0.458 e. The summed E-state index contributed by atoms with van der Waals surface area (Å²) in [5.41, 5.74) is 2.10. The molecule has 2 atom stereocenters. The Labute approximate surface area is 144 Å². The standard InChI is InChI=1S/C18H20FN3O3/c1-11(2)22-16(8-7-15-9-14(23)10-17(24)25-15)18(20-21-22)12-3-5-13(19)6-4-12/h3-8,11,14-15,23H,9-10H2,1-2H3/b8-7+. The molecule has 132 valence electrons. The van der Waals surface area contributed by atoms with Crippen molar-refractivity contribution in [3.05, 3.63) is 41.9 Å². The second-order valence-electron chi connectivity index (χ2n) is 6.35. The topological polar surface area (TPSA) is 77.2 Å². The summed E-state index contributed by atoms with van der Waals surface area (Å²) in [5, 5.41) is 18.1. The number of aromatic nitrogens is 3. The molecule has 1 aromatic carbocycles. The van der Waals surface area contributed by atoms with Gasteiger partial charge in [-0.25, -0.2) is 9.07 Å². The number of ether oxygens (including phenoxy) is 1. The maximum absolute atomic E-state index is 13.2. The number of hydrogen-bond acceptors (Lipinski definition) is 5. The summed E-state index contributed by atoms with van der Waals surface area (Å²) in [6, 6.07) is 6.10. The van der Waals surface area contributed by atoms with Gasteiger partial charge in [0.15, 0.2) is 0 Å². The maximum atomic E-state index is 13.2. The van der Waals surface area contributed by atoms with E-state index in [1.807, 2.05) is 13.8 Å². The van der Waals surface area contributed by atoms with Crippen LogP contribution in [0.15, 0.2) is 30.3 Å². The highest BCUT2D eigenvalue weighted by molar-refractivity contribution is 5.72. The molecule has 0 amide bonds. The molecule has 25 heavy (non-hydrogen) atoms. The quantitative estimate of drug-likeness (QED) is 0.862. The van der Waals surface area contributed by atoms with E-state index in [1.165, 1.54) is 12.1 Å². The van der Waals surface area contributed by atoms with Crippen LogP contribution in [-0.2, 0) is 9.53 Å². The van der Waals surface area contributed by atoms with Gasteiger partial charge in [0.1, 0.15) is 17.6 Å². The molecule has 7 heteroatoms. The highest BCUT2D eigenvalue weighted by Crippen LogP contribution is 2.26. The van der Waals surface area contributed by atoms with E-state index >= 15 is 0 Å². The minimum atomic E-state index is -0.694. The van der Waals surface area contributed by atoms with Crippen molar-refractivity contribution in [1.29, 1.82) is 0 Å². The average molecular weight is 345 g/mol. The molecule has 3 rings (SSSR count). The van der Waals surface area contributed by atoms with Gasteiger partial charge in [0.2, 0.25) is 0 Å². The van der Waals surface area contributed by atoms with Crippen molar-refractivity contribution in [2.24, 2.45) is 0 Å². The fraction of sp³-hybridized carbons (Fsp3) is 0.389. The second-order valence-corrected chi connectivity index (χ2v) is 6.35. The molecule has 0 aliphatic carbocycles. The molecule has 1 saturated heterocycles. The van der Waals surface area contributed by atoms with E-state index < -0.39 is 18.2 Å². The predicted octanol–water partition coefficient (Wildman–Crippen LogP) is 2.74. The summed E-state index contributed by atoms with van der Waals surface area (Å²) in [4.78, 5) is 11.5. The van der Waals surface area contributed by atoms with Gasteiger partial charge >= 0.3 is 5.97 Å². The first-order chi connectivity index (χ1) is 11.9. The van der Waals surface area contributed by atoms with E-state index in [2.05, 4.69) is 10.3 Å². The van der Waals surface area contributed by atoms with E-state index in [0.717, 1.165) is 11.3 Å². The lowest BCUT2D eigenvalue weighted by molar-refractivity contribution is -0.156. The maximum Gasteiger partial charge on any atom is 0.309 e. The number of aliphatic hydroxyl groups excluding tert-OH is 1. The van der Waals surface area contributed by atoms with Gasteiger partial charge in [-0.3, -0.25) is 4.79 Å². The lowest BCUT2D eigenvalue weighted by Crippen LogP contribution is -2.31. The van der Waals surface area contributed by atoms with Crippen molar-refractivity contribution < 1.29 is 19.0 Å². The van der Waals surface area contributed by atoms with E-state index in [4.69, 9.17) is 4.74 Å². The second kappa shape index (κ2) is 7.14. The molecular formula is C18H20FN3O3. The zero-order chi connectivity index (χ0) is 18.0. The Bertz CT molecular complexity index is 783. The number of carbonyl (C=O) groups is 1. The van der Waals surface area contributed by atoms with Gasteiger partial charge in [0.05, 0.1) is 18.2 Å². The van der Waals surface area contributed by atoms with Crippen LogP contribution in [0.3, 0.4) is 0 Å². The average Bonchev–Trinajstić information content (AvgIpc) is 2.97. The van der Waals surface area contributed by atoms with Crippen LogP contribution in [0.5, 0.6) is 0 Å². The Hall–Kier alpha value is -2.54. The van der Waals surface area contributed by atoms with Gasteiger partial charge in [0.25, 0.3) is 0 Å². The molecule has 0 radical (unpaired) electrons. The van der Waals surface area contributed by atoms with Crippen LogP contribution in [-0.4, -0.2) is 38.3 Å². The Morgan fingerprint density at radius 1 is 1.36 bits per heavy atom. The SMILES string of the molecule is CC(C)n1nnc(-c2ccc(F)cc2)c1/C=C/C1CC(O)CC(=O)O1. The molecule has 1 aliphatic rings. The lowest BCUT2D eigenvalue weighted by atomic mass is 10.0. The van der Waals surface area contributed by atoms with Crippen LogP contribution in [0.2, 0.25) is 0 Å². The molecule has 1 aliphatic heterocycles. The number of nitrogens with zero attached hydrogens (tertiary/aromatic N) is 3. The molecule has 0 bridgehead atoms. The zero-order valence-electron chi connectivity index (χ0n) is 14.1. The van der Waals surface area contributed by atoms with Crippen molar-refractivity contribution in [1.82, 2.24) is 15.0 Å².